The molecule has 1 N–H and O–H groups in total. The van der Waals surface area contributed by atoms with Crippen LogP contribution in [0.5, 0.6) is 5.75 Å². The van der Waals surface area contributed by atoms with E-state index in [-0.39, 0.29) is 6.61 Å². The summed E-state index contributed by atoms with van der Waals surface area (Å²) in [7, 11) is 0. The summed E-state index contributed by atoms with van der Waals surface area (Å²) >= 11 is 11.8. The highest BCUT2D eigenvalue weighted by atomic mass is 35.5. The molecule has 0 spiro atoms. The van der Waals surface area contributed by atoms with Crippen LogP contribution in [0.2, 0.25) is 10.0 Å². The van der Waals surface area contributed by atoms with Gasteiger partial charge in [-0.25, -0.2) is 5.43 Å². The Morgan fingerprint density at radius 2 is 2.00 bits per heavy atom. The van der Waals surface area contributed by atoms with Crippen LogP contribution in [0.25, 0.3) is 0 Å². The number of nitrogens with one attached hydrogen (secondary N) is 1. The molecule has 0 aliphatic rings. The minimum absolute atomic E-state index is 0.197. The van der Waals surface area contributed by atoms with Crippen LogP contribution in [0.4, 0.5) is 0 Å². The van der Waals surface area contributed by atoms with Gasteiger partial charge < -0.3 is 4.74 Å². The van der Waals surface area contributed by atoms with Crippen molar-refractivity contribution in [3.05, 3.63) is 63.6 Å². The van der Waals surface area contributed by atoms with E-state index < -0.39 is 5.91 Å². The minimum atomic E-state index is -0.421. The molecule has 116 valence electrons. The average molecular weight is 348 g/mol. The molecule has 0 aliphatic heterocycles. The van der Waals surface area contributed by atoms with Crippen LogP contribution in [-0.2, 0) is 4.79 Å². The Kier molecular flexibility index (Phi) is 5.98. The lowest BCUT2D eigenvalue weighted by Crippen LogP contribution is -2.24. The molecule has 7 heteroatoms. The summed E-state index contributed by atoms with van der Waals surface area (Å²) in [4.78, 5) is 11.6. The number of ether oxygens (including phenoxy) is 1. The zero-order valence-corrected chi connectivity index (χ0v) is 13.3. The Hall–Kier alpha value is -2.55. The maximum absolute atomic E-state index is 11.6. The van der Waals surface area contributed by atoms with Gasteiger partial charge in [-0.05, 0) is 36.4 Å². The number of nitriles is 1. The molecule has 0 unspecified atom stereocenters. The van der Waals surface area contributed by atoms with Crippen LogP contribution in [-0.4, -0.2) is 18.7 Å². The first-order valence-corrected chi connectivity index (χ1v) is 7.24. The van der Waals surface area contributed by atoms with Crippen LogP contribution in [0.3, 0.4) is 0 Å². The monoisotopic (exact) mass is 347 g/mol. The maximum atomic E-state index is 11.6. The van der Waals surface area contributed by atoms with Gasteiger partial charge in [-0.2, -0.15) is 10.4 Å². The number of rotatable bonds is 5. The fourth-order valence-electron chi connectivity index (χ4n) is 1.59. The Bertz CT molecular complexity index is 768. The third kappa shape index (κ3) is 5.29. The Balaban J connectivity index is 1.82. The summed E-state index contributed by atoms with van der Waals surface area (Å²) in [6, 6.07) is 13.4. The molecule has 0 heterocycles. The van der Waals surface area contributed by atoms with Crippen LogP contribution < -0.4 is 10.2 Å². The average Bonchev–Trinajstić information content (AvgIpc) is 2.55. The van der Waals surface area contributed by atoms with Gasteiger partial charge in [0.25, 0.3) is 5.91 Å². The summed E-state index contributed by atoms with van der Waals surface area (Å²) in [5, 5.41) is 13.4. The van der Waals surface area contributed by atoms with Gasteiger partial charge in [-0.1, -0.05) is 29.3 Å². The predicted molar refractivity (Wildman–Crippen MR) is 88.9 cm³/mol. The first kappa shape index (κ1) is 16.8. The lowest BCUT2D eigenvalue weighted by molar-refractivity contribution is -0.123. The Morgan fingerprint density at radius 3 is 2.65 bits per heavy atom. The first-order chi connectivity index (χ1) is 11.1. The van der Waals surface area contributed by atoms with Crippen LogP contribution in [0.1, 0.15) is 11.1 Å². The normalized spacial score (nSPS) is 10.3. The largest absolute Gasteiger partial charge is 0.484 e. The zero-order chi connectivity index (χ0) is 16.7. The molecule has 0 aliphatic carbocycles. The third-order valence-corrected chi connectivity index (χ3v) is 3.27. The van der Waals surface area contributed by atoms with E-state index in [2.05, 4.69) is 10.5 Å². The third-order valence-electron chi connectivity index (χ3n) is 2.71. The molecule has 0 saturated carbocycles. The van der Waals surface area contributed by atoms with Gasteiger partial charge in [0.2, 0.25) is 0 Å². The topological polar surface area (TPSA) is 74.5 Å². The first-order valence-electron chi connectivity index (χ1n) is 6.48. The van der Waals surface area contributed by atoms with Crippen molar-refractivity contribution in [1.29, 1.82) is 5.26 Å². The number of carbonyl (C=O) groups excluding carboxylic acids is 1. The highest BCUT2D eigenvalue weighted by Crippen LogP contribution is 2.19. The summed E-state index contributed by atoms with van der Waals surface area (Å²) in [5.41, 5.74) is 3.48. The highest BCUT2D eigenvalue weighted by molar-refractivity contribution is 6.36. The maximum Gasteiger partial charge on any atom is 0.277 e. The van der Waals surface area contributed by atoms with Gasteiger partial charge in [0.1, 0.15) is 5.75 Å². The van der Waals surface area contributed by atoms with Gasteiger partial charge in [0, 0.05) is 10.6 Å². The Morgan fingerprint density at radius 1 is 1.26 bits per heavy atom. The van der Waals surface area contributed by atoms with E-state index in [0.717, 1.165) is 0 Å². The number of carbonyl (C=O) groups is 1. The number of benzene rings is 2. The van der Waals surface area contributed by atoms with Crippen molar-refractivity contribution in [1.82, 2.24) is 5.43 Å². The second-order valence-electron chi connectivity index (χ2n) is 4.38. The molecule has 23 heavy (non-hydrogen) atoms. The summed E-state index contributed by atoms with van der Waals surface area (Å²) < 4.78 is 5.27. The number of hydrazone groups is 1. The van der Waals surface area contributed by atoms with E-state index in [1.54, 1.807) is 42.5 Å². The molecule has 0 bridgehead atoms. The standard InChI is InChI=1S/C16H11Cl2N3O2/c17-13-4-3-12(15(18)7-13)9-20-21-16(22)10-23-14-5-1-11(8-19)2-6-14/h1-7,9H,10H2,(H,21,22)/b20-9+. The lowest BCUT2D eigenvalue weighted by Gasteiger charge is -2.04. The zero-order valence-electron chi connectivity index (χ0n) is 11.8. The van der Waals surface area contributed by atoms with Gasteiger partial charge >= 0.3 is 0 Å². The van der Waals surface area contributed by atoms with Gasteiger partial charge in [0.05, 0.1) is 22.9 Å². The summed E-state index contributed by atoms with van der Waals surface area (Å²) in [5.74, 6) is 0.0690. The van der Waals surface area contributed by atoms with E-state index >= 15 is 0 Å². The van der Waals surface area contributed by atoms with Crippen molar-refractivity contribution < 1.29 is 9.53 Å². The van der Waals surface area contributed by atoms with E-state index in [1.807, 2.05) is 6.07 Å². The molecule has 1 amide bonds. The number of hydrogen-bond acceptors (Lipinski definition) is 4. The van der Waals surface area contributed by atoms with Gasteiger partial charge in [0.15, 0.2) is 6.61 Å². The van der Waals surface area contributed by atoms with Gasteiger partial charge in [-0.15, -0.1) is 0 Å². The fourth-order valence-corrected chi connectivity index (χ4v) is 2.04. The molecule has 2 rings (SSSR count). The number of halogens is 2. The smallest absolute Gasteiger partial charge is 0.277 e. The molecule has 2 aromatic carbocycles. The van der Waals surface area contributed by atoms with Crippen LogP contribution in [0.15, 0.2) is 47.6 Å². The highest BCUT2D eigenvalue weighted by Gasteiger charge is 2.02. The molecule has 0 radical (unpaired) electrons. The molecule has 0 aromatic heterocycles. The minimum Gasteiger partial charge on any atom is -0.484 e. The molecule has 0 fully saturated rings. The summed E-state index contributed by atoms with van der Waals surface area (Å²) in [6.45, 7) is -0.197. The van der Waals surface area contributed by atoms with Crippen molar-refractivity contribution in [2.24, 2.45) is 5.10 Å². The van der Waals surface area contributed by atoms with E-state index in [9.17, 15) is 4.79 Å². The summed E-state index contributed by atoms with van der Waals surface area (Å²) in [6.07, 6.45) is 1.41. The van der Waals surface area contributed by atoms with E-state index in [1.165, 1.54) is 6.21 Å². The second-order valence-corrected chi connectivity index (χ2v) is 5.23. The molecular weight excluding hydrogens is 337 g/mol. The van der Waals surface area contributed by atoms with Crippen molar-refractivity contribution in [2.75, 3.05) is 6.61 Å². The van der Waals surface area contributed by atoms with Crippen LogP contribution in [0, 0.1) is 11.3 Å². The van der Waals surface area contributed by atoms with Crippen molar-refractivity contribution in [3.63, 3.8) is 0 Å². The molecule has 5 nitrogen and oxygen atoms in total. The molecular formula is C16H11Cl2N3O2. The van der Waals surface area contributed by atoms with Crippen molar-refractivity contribution in [2.45, 2.75) is 0 Å². The molecule has 2 aromatic rings. The second kappa shape index (κ2) is 8.18. The predicted octanol–water partition coefficient (Wildman–Crippen LogP) is 3.39. The molecule has 0 saturated heterocycles. The SMILES string of the molecule is N#Cc1ccc(OCC(=O)N/N=C/c2ccc(Cl)cc2Cl)cc1. The van der Waals surface area contributed by atoms with Crippen molar-refractivity contribution >= 4 is 35.3 Å². The van der Waals surface area contributed by atoms with E-state index in [4.69, 9.17) is 33.2 Å². The van der Waals surface area contributed by atoms with Crippen molar-refractivity contribution in [3.8, 4) is 11.8 Å². The van der Waals surface area contributed by atoms with E-state index in [0.29, 0.717) is 26.9 Å². The molecule has 0 atom stereocenters. The number of amides is 1. The number of nitrogens with zero attached hydrogens (tertiary/aromatic N) is 2. The number of hydrogen-bond donors (Lipinski definition) is 1. The quantitative estimate of drug-likeness (QED) is 0.665. The lowest BCUT2D eigenvalue weighted by atomic mass is 10.2. The fraction of sp³-hybridized carbons (Fsp3) is 0.0625. The van der Waals surface area contributed by atoms with Crippen LogP contribution >= 0.6 is 23.2 Å². The van der Waals surface area contributed by atoms with Gasteiger partial charge in [-0.3, -0.25) is 4.79 Å². The Labute approximate surface area is 143 Å².